The maximum absolute atomic E-state index is 13.0. The smallest absolute Gasteiger partial charge is 0.293 e. The maximum Gasteiger partial charge on any atom is 0.293 e. The van der Waals surface area contributed by atoms with E-state index in [1.165, 1.54) is 0 Å². The number of hydrogen-bond acceptors (Lipinski definition) is 7. The van der Waals surface area contributed by atoms with Gasteiger partial charge in [-0.1, -0.05) is 6.07 Å². The molecule has 0 spiro atoms. The van der Waals surface area contributed by atoms with Gasteiger partial charge < -0.3 is 19.1 Å². The summed E-state index contributed by atoms with van der Waals surface area (Å²) in [6, 6.07) is 16.9. The van der Waals surface area contributed by atoms with Crippen LogP contribution >= 0.6 is 0 Å². The van der Waals surface area contributed by atoms with E-state index in [0.717, 1.165) is 36.4 Å². The number of anilines is 3. The third-order valence-electron chi connectivity index (χ3n) is 6.25. The Kier molecular flexibility index (Phi) is 6.42. The minimum atomic E-state index is -0.290. The number of rotatable bonds is 6. The van der Waals surface area contributed by atoms with Crippen LogP contribution in [0.5, 0.6) is 0 Å². The Morgan fingerprint density at radius 2 is 1.76 bits per heavy atom. The van der Waals surface area contributed by atoms with Gasteiger partial charge in [-0.2, -0.15) is 0 Å². The van der Waals surface area contributed by atoms with Gasteiger partial charge in [0.1, 0.15) is 11.4 Å². The van der Waals surface area contributed by atoms with Crippen molar-refractivity contribution >= 4 is 23.0 Å². The predicted molar refractivity (Wildman–Crippen MR) is 128 cm³/mol. The summed E-state index contributed by atoms with van der Waals surface area (Å²) in [5.41, 5.74) is 3.41. The average Bonchev–Trinajstić information content (AvgIpc) is 3.48. The third-order valence-corrected chi connectivity index (χ3v) is 6.25. The Balaban J connectivity index is 1.49. The Morgan fingerprint density at radius 1 is 1.03 bits per heavy atom. The molecule has 174 valence electrons. The van der Waals surface area contributed by atoms with E-state index in [1.807, 2.05) is 37.3 Å². The van der Waals surface area contributed by atoms with E-state index in [9.17, 15) is 15.2 Å². The van der Waals surface area contributed by atoms with Gasteiger partial charge in [0.05, 0.1) is 0 Å². The van der Waals surface area contributed by atoms with Gasteiger partial charge in [-0.05, 0) is 81.5 Å². The molecule has 3 aromatic rings. The molecule has 2 N–H and O–H groups in total. The molecule has 2 heterocycles. The van der Waals surface area contributed by atoms with Crippen molar-refractivity contribution in [3.05, 3.63) is 65.9 Å². The topological polar surface area (TPSA) is 83.6 Å². The Bertz CT molecular complexity index is 1120. The zero-order valence-electron chi connectivity index (χ0n) is 19.4. The highest BCUT2D eigenvalue weighted by Crippen LogP contribution is 2.33. The molecule has 0 bridgehead atoms. The molecule has 8 nitrogen and oxygen atoms in total. The Labute approximate surface area is 193 Å². The minimum absolute atomic E-state index is 0.0567. The van der Waals surface area contributed by atoms with E-state index >= 15 is 0 Å². The molecule has 4 rings (SSSR count). The highest BCUT2D eigenvalue weighted by molar-refractivity contribution is 6.04. The van der Waals surface area contributed by atoms with Crippen molar-refractivity contribution in [3.8, 4) is 11.3 Å². The average molecular weight is 451 g/mol. The number of nitrogens with zero attached hydrogens (tertiary/aromatic N) is 4. The second-order valence-corrected chi connectivity index (χ2v) is 8.71. The summed E-state index contributed by atoms with van der Waals surface area (Å²) >= 11 is 0. The van der Waals surface area contributed by atoms with Crippen LogP contribution in [0.1, 0.15) is 22.5 Å². The van der Waals surface area contributed by atoms with Gasteiger partial charge in [0.25, 0.3) is 5.91 Å². The first kappa shape index (κ1) is 22.8. The summed E-state index contributed by atoms with van der Waals surface area (Å²) < 4.78 is 5.79. The lowest BCUT2D eigenvalue weighted by Gasteiger charge is -2.23. The first-order chi connectivity index (χ1) is 15.7. The summed E-state index contributed by atoms with van der Waals surface area (Å²) in [7, 11) is 5.93. The maximum atomic E-state index is 13.0. The lowest BCUT2D eigenvalue weighted by molar-refractivity contribution is 0.0294. The first-order valence-electron chi connectivity index (χ1n) is 10.9. The zero-order chi connectivity index (χ0) is 23.7. The number of carbonyl (C=O) groups excluding carboxylic acids is 1. The summed E-state index contributed by atoms with van der Waals surface area (Å²) in [4.78, 5) is 19.2. The van der Waals surface area contributed by atoms with E-state index < -0.39 is 0 Å². The van der Waals surface area contributed by atoms with E-state index in [-0.39, 0.29) is 22.6 Å². The number of benzene rings is 2. The van der Waals surface area contributed by atoms with E-state index in [1.54, 1.807) is 36.2 Å². The second-order valence-electron chi connectivity index (χ2n) is 8.71. The van der Waals surface area contributed by atoms with Gasteiger partial charge in [-0.25, -0.2) is 0 Å². The van der Waals surface area contributed by atoms with Crippen molar-refractivity contribution in [3.63, 3.8) is 0 Å². The fourth-order valence-electron chi connectivity index (χ4n) is 4.18. The van der Waals surface area contributed by atoms with Gasteiger partial charge in [0.2, 0.25) is 0 Å². The molecule has 0 aliphatic carbocycles. The normalized spacial score (nSPS) is 15.8. The van der Waals surface area contributed by atoms with Crippen LogP contribution in [-0.4, -0.2) is 61.5 Å². The molecule has 1 amide bonds. The van der Waals surface area contributed by atoms with Gasteiger partial charge in [-0.15, -0.1) is 5.23 Å². The molecule has 2 aromatic carbocycles. The summed E-state index contributed by atoms with van der Waals surface area (Å²) in [6.45, 7) is 3.86. The molecule has 1 aliphatic heterocycles. The monoisotopic (exact) mass is 450 g/mol. The van der Waals surface area contributed by atoms with Crippen LogP contribution in [-0.2, 0) is 0 Å². The largest absolute Gasteiger partial charge is 0.451 e. The lowest BCUT2D eigenvalue weighted by Crippen LogP contribution is -2.31. The zero-order valence-corrected chi connectivity index (χ0v) is 19.4. The molecule has 33 heavy (non-hydrogen) atoms. The quantitative estimate of drug-likeness (QED) is 0.543. The molecule has 1 saturated heterocycles. The molecule has 8 heteroatoms. The van der Waals surface area contributed by atoms with Gasteiger partial charge in [0.15, 0.2) is 5.76 Å². The number of furan rings is 1. The Hall–Kier alpha value is -3.33. The summed E-state index contributed by atoms with van der Waals surface area (Å²) in [6.07, 6.45) is 1.14. The van der Waals surface area contributed by atoms with Crippen molar-refractivity contribution < 1.29 is 19.6 Å². The number of aryl methyl sites for hydroxylation is 1. The molecule has 0 saturated carbocycles. The van der Waals surface area contributed by atoms with Crippen LogP contribution in [0.4, 0.5) is 17.1 Å². The second kappa shape index (κ2) is 9.27. The molecular weight excluding hydrogens is 420 g/mol. The van der Waals surface area contributed by atoms with Gasteiger partial charge in [-0.3, -0.25) is 15.2 Å². The van der Waals surface area contributed by atoms with Crippen molar-refractivity contribution in [2.24, 2.45) is 0 Å². The highest BCUT2D eigenvalue weighted by Gasteiger charge is 2.25. The Morgan fingerprint density at radius 3 is 2.39 bits per heavy atom. The number of hydrogen-bond donors (Lipinski definition) is 2. The highest BCUT2D eigenvalue weighted by atomic mass is 16.8. The molecule has 1 unspecified atom stereocenters. The van der Waals surface area contributed by atoms with Crippen LogP contribution < -0.4 is 15.0 Å². The summed E-state index contributed by atoms with van der Waals surface area (Å²) in [5, 5.41) is 19.2. The van der Waals surface area contributed by atoms with E-state index in [2.05, 4.69) is 23.9 Å². The van der Waals surface area contributed by atoms with Crippen molar-refractivity contribution in [1.29, 1.82) is 0 Å². The fraction of sp³-hybridized carbons (Fsp3) is 0.320. The fourth-order valence-corrected chi connectivity index (χ4v) is 4.18. The first-order valence-corrected chi connectivity index (χ1v) is 10.9. The standard InChI is InChI=1S/C25H30N4O4/c1-17-5-10-21(22(15-17)29(31)32)23-11-12-24(33-23)25(30)27(4)18-6-8-19(9-7-18)28-14-13-20(16-28)26(2)3/h5-12,15,20,31-32H,13-14,16H2,1-4H3. The van der Waals surface area contributed by atoms with Gasteiger partial charge in [0, 0.05) is 43.1 Å². The van der Waals surface area contributed by atoms with Gasteiger partial charge >= 0.3 is 0 Å². The van der Waals surface area contributed by atoms with Crippen LogP contribution in [0.3, 0.4) is 0 Å². The molecule has 0 radical (unpaired) electrons. The third kappa shape index (κ3) is 4.73. The number of amides is 1. The molecule has 1 fully saturated rings. The van der Waals surface area contributed by atoms with E-state index in [0.29, 0.717) is 17.4 Å². The molecular formula is C25H30N4O4. The van der Waals surface area contributed by atoms with Crippen LogP contribution in [0.15, 0.2) is 59.0 Å². The van der Waals surface area contributed by atoms with Crippen molar-refractivity contribution in [2.75, 3.05) is 49.3 Å². The SMILES string of the molecule is Cc1ccc(-c2ccc(C(=O)N(C)c3ccc(N4CCC(N(C)C)C4)cc3)o2)c(N(O)O)c1. The van der Waals surface area contributed by atoms with Crippen LogP contribution in [0, 0.1) is 6.92 Å². The predicted octanol–water partition coefficient (Wildman–Crippen LogP) is 4.26. The van der Waals surface area contributed by atoms with Crippen LogP contribution in [0.2, 0.25) is 0 Å². The van der Waals surface area contributed by atoms with Crippen molar-refractivity contribution in [1.82, 2.24) is 4.90 Å². The lowest BCUT2D eigenvalue weighted by atomic mass is 10.1. The number of carbonyl (C=O) groups is 1. The molecule has 1 atom stereocenters. The van der Waals surface area contributed by atoms with Crippen LogP contribution in [0.25, 0.3) is 11.3 Å². The van der Waals surface area contributed by atoms with Crippen molar-refractivity contribution in [2.45, 2.75) is 19.4 Å². The number of likely N-dealkylation sites (N-methyl/N-ethyl adjacent to an activating group) is 1. The molecule has 1 aliphatic rings. The minimum Gasteiger partial charge on any atom is -0.451 e. The molecule has 1 aromatic heterocycles. The summed E-state index contributed by atoms with van der Waals surface area (Å²) in [5.74, 6) is 0.245. The van der Waals surface area contributed by atoms with E-state index in [4.69, 9.17) is 4.42 Å².